The summed E-state index contributed by atoms with van der Waals surface area (Å²) in [7, 11) is 0. The van der Waals surface area contributed by atoms with Gasteiger partial charge in [-0.1, -0.05) is 53.6 Å². The Morgan fingerprint density at radius 3 is 2.27 bits per heavy atom. The molecule has 0 radical (unpaired) electrons. The third-order valence-electron chi connectivity index (χ3n) is 4.26. The topological polar surface area (TPSA) is 124 Å². The SMILES string of the molecule is [N-]=[N+]=NC(CNC(=O)OCC1c2ccccc2-c2ccccc21)C(=O)O. The summed E-state index contributed by atoms with van der Waals surface area (Å²) in [5.74, 6) is -1.40. The monoisotopic (exact) mass is 352 g/mol. The lowest BCUT2D eigenvalue weighted by Crippen LogP contribution is -2.36. The molecule has 1 atom stereocenters. The van der Waals surface area contributed by atoms with Crippen LogP contribution in [0.1, 0.15) is 17.0 Å². The molecule has 2 aromatic rings. The number of ether oxygens (including phenoxy) is 1. The van der Waals surface area contributed by atoms with Crippen LogP contribution in [-0.4, -0.2) is 36.4 Å². The van der Waals surface area contributed by atoms with Crippen molar-refractivity contribution in [1.82, 2.24) is 5.32 Å². The van der Waals surface area contributed by atoms with Crippen LogP contribution in [0.25, 0.3) is 21.6 Å². The minimum absolute atomic E-state index is 0.0828. The maximum absolute atomic E-state index is 11.9. The Kier molecular flexibility index (Phi) is 5.05. The quantitative estimate of drug-likeness (QED) is 0.470. The van der Waals surface area contributed by atoms with Gasteiger partial charge in [-0.15, -0.1) is 0 Å². The van der Waals surface area contributed by atoms with Crippen molar-refractivity contribution >= 4 is 12.1 Å². The number of hydrogen-bond acceptors (Lipinski definition) is 4. The van der Waals surface area contributed by atoms with Gasteiger partial charge >= 0.3 is 12.1 Å². The number of hydrogen-bond donors (Lipinski definition) is 2. The number of nitrogens with zero attached hydrogens (tertiary/aromatic N) is 3. The van der Waals surface area contributed by atoms with Crippen molar-refractivity contribution in [3.63, 3.8) is 0 Å². The first kappa shape index (κ1) is 17.3. The maximum atomic E-state index is 11.9. The van der Waals surface area contributed by atoms with Crippen LogP contribution in [-0.2, 0) is 9.53 Å². The van der Waals surface area contributed by atoms with Crippen LogP contribution in [0.15, 0.2) is 53.6 Å². The van der Waals surface area contributed by atoms with Crippen molar-refractivity contribution in [2.45, 2.75) is 12.0 Å². The molecule has 0 aliphatic heterocycles. The lowest BCUT2D eigenvalue weighted by atomic mass is 9.98. The molecule has 2 aromatic carbocycles. The molecule has 0 saturated carbocycles. The molecule has 0 heterocycles. The van der Waals surface area contributed by atoms with Crippen molar-refractivity contribution in [3.05, 3.63) is 70.1 Å². The predicted octanol–water partition coefficient (Wildman–Crippen LogP) is 3.29. The standard InChI is InChI=1S/C18H16N4O4/c19-22-21-16(17(23)24)9-20-18(25)26-10-15-13-7-3-1-5-11(13)12-6-2-4-8-14(12)15/h1-8,15-16H,9-10H2,(H,20,25)(H,23,24). The van der Waals surface area contributed by atoms with Crippen molar-refractivity contribution in [3.8, 4) is 11.1 Å². The average Bonchev–Trinajstić information content (AvgIpc) is 2.97. The van der Waals surface area contributed by atoms with E-state index in [1.54, 1.807) is 0 Å². The number of amides is 1. The van der Waals surface area contributed by atoms with Gasteiger partial charge < -0.3 is 15.2 Å². The maximum Gasteiger partial charge on any atom is 0.407 e. The number of aliphatic carboxylic acids is 1. The largest absolute Gasteiger partial charge is 0.481 e. The van der Waals surface area contributed by atoms with Crippen molar-refractivity contribution in [2.75, 3.05) is 13.2 Å². The number of carboxylic acids is 1. The first-order chi connectivity index (χ1) is 12.6. The molecule has 1 unspecified atom stereocenters. The molecular formula is C18H16N4O4. The second-order valence-electron chi connectivity index (χ2n) is 5.77. The highest BCUT2D eigenvalue weighted by molar-refractivity contribution is 5.79. The summed E-state index contributed by atoms with van der Waals surface area (Å²) >= 11 is 0. The third kappa shape index (κ3) is 3.45. The minimum atomic E-state index is -1.37. The molecule has 0 spiro atoms. The van der Waals surface area contributed by atoms with Crippen LogP contribution in [0.2, 0.25) is 0 Å². The second-order valence-corrected chi connectivity index (χ2v) is 5.77. The van der Waals surface area contributed by atoms with Crippen molar-refractivity contribution in [2.24, 2.45) is 5.11 Å². The zero-order valence-corrected chi connectivity index (χ0v) is 13.7. The Balaban J connectivity index is 1.65. The predicted molar refractivity (Wildman–Crippen MR) is 93.6 cm³/mol. The molecule has 26 heavy (non-hydrogen) atoms. The number of nitrogens with one attached hydrogen (secondary N) is 1. The zero-order chi connectivity index (χ0) is 18.5. The zero-order valence-electron chi connectivity index (χ0n) is 13.7. The Labute approximate surface area is 149 Å². The number of fused-ring (bicyclic) bond motifs is 3. The first-order valence-corrected chi connectivity index (χ1v) is 7.97. The van der Waals surface area contributed by atoms with E-state index >= 15 is 0 Å². The highest BCUT2D eigenvalue weighted by atomic mass is 16.5. The van der Waals surface area contributed by atoms with Gasteiger partial charge in [0, 0.05) is 17.4 Å². The van der Waals surface area contributed by atoms with Gasteiger partial charge in [-0.05, 0) is 27.8 Å². The van der Waals surface area contributed by atoms with E-state index in [-0.39, 0.29) is 19.1 Å². The third-order valence-corrected chi connectivity index (χ3v) is 4.26. The lowest BCUT2D eigenvalue weighted by Gasteiger charge is -2.15. The van der Waals surface area contributed by atoms with Gasteiger partial charge in [0.1, 0.15) is 6.61 Å². The summed E-state index contributed by atoms with van der Waals surface area (Å²) in [5.41, 5.74) is 12.7. The van der Waals surface area contributed by atoms with Gasteiger partial charge in [-0.3, -0.25) is 4.79 Å². The number of azide groups is 1. The molecule has 0 aromatic heterocycles. The lowest BCUT2D eigenvalue weighted by molar-refractivity contribution is -0.138. The average molecular weight is 352 g/mol. The Hall–Kier alpha value is -3.51. The number of carbonyl (C=O) groups excluding carboxylic acids is 1. The van der Waals surface area contributed by atoms with E-state index in [0.717, 1.165) is 22.3 Å². The number of rotatable bonds is 6. The van der Waals surface area contributed by atoms with Crippen LogP contribution in [0.5, 0.6) is 0 Å². The summed E-state index contributed by atoms with van der Waals surface area (Å²) in [6.07, 6.45) is -0.758. The van der Waals surface area contributed by atoms with Gasteiger partial charge in [0.15, 0.2) is 6.04 Å². The molecule has 0 fully saturated rings. The summed E-state index contributed by atoms with van der Waals surface area (Å²) < 4.78 is 5.27. The summed E-state index contributed by atoms with van der Waals surface area (Å²) in [4.78, 5) is 25.2. The normalized spacial score (nSPS) is 13.1. The van der Waals surface area contributed by atoms with Crippen LogP contribution >= 0.6 is 0 Å². The van der Waals surface area contributed by atoms with E-state index in [9.17, 15) is 9.59 Å². The molecule has 8 nitrogen and oxygen atoms in total. The van der Waals surface area contributed by atoms with Gasteiger partial charge in [0.05, 0.1) is 0 Å². The highest BCUT2D eigenvalue weighted by Crippen LogP contribution is 2.44. The summed E-state index contributed by atoms with van der Waals surface area (Å²) in [5, 5.41) is 14.3. The van der Waals surface area contributed by atoms with E-state index < -0.39 is 18.1 Å². The van der Waals surface area contributed by atoms with E-state index in [2.05, 4.69) is 15.3 Å². The molecule has 1 amide bonds. The first-order valence-electron chi connectivity index (χ1n) is 7.97. The fraction of sp³-hybridized carbons (Fsp3) is 0.222. The molecule has 132 valence electrons. The molecule has 0 saturated heterocycles. The van der Waals surface area contributed by atoms with Gasteiger partial charge in [-0.25, -0.2) is 4.79 Å². The molecule has 8 heteroatoms. The Morgan fingerprint density at radius 2 is 1.73 bits per heavy atom. The summed E-state index contributed by atoms with van der Waals surface area (Å²) in [6, 6.07) is 14.5. The van der Waals surface area contributed by atoms with Crippen LogP contribution in [0.3, 0.4) is 0 Å². The molecule has 1 aliphatic rings. The van der Waals surface area contributed by atoms with E-state index in [1.165, 1.54) is 0 Å². The van der Waals surface area contributed by atoms with Gasteiger partial charge in [-0.2, -0.15) is 0 Å². The fourth-order valence-electron chi connectivity index (χ4n) is 3.07. The fourth-order valence-corrected chi connectivity index (χ4v) is 3.07. The van der Waals surface area contributed by atoms with Crippen molar-refractivity contribution in [1.29, 1.82) is 0 Å². The van der Waals surface area contributed by atoms with Gasteiger partial charge in [0.2, 0.25) is 0 Å². The van der Waals surface area contributed by atoms with Crippen LogP contribution in [0.4, 0.5) is 4.79 Å². The number of carboxylic acid groups (broad SMARTS) is 1. The van der Waals surface area contributed by atoms with Crippen LogP contribution < -0.4 is 5.32 Å². The minimum Gasteiger partial charge on any atom is -0.481 e. The summed E-state index contributed by atoms with van der Waals surface area (Å²) in [6.45, 7) is -0.213. The smallest absolute Gasteiger partial charge is 0.407 e. The van der Waals surface area contributed by atoms with E-state index in [1.807, 2.05) is 48.5 Å². The molecule has 2 N–H and O–H groups in total. The second kappa shape index (κ2) is 7.58. The van der Waals surface area contributed by atoms with Crippen LogP contribution in [0, 0.1) is 0 Å². The van der Waals surface area contributed by atoms with Gasteiger partial charge in [0.25, 0.3) is 0 Å². The van der Waals surface area contributed by atoms with E-state index in [0.29, 0.717) is 0 Å². The molecule has 0 bridgehead atoms. The molecule has 1 aliphatic carbocycles. The number of alkyl carbamates (subject to hydrolysis) is 1. The highest BCUT2D eigenvalue weighted by Gasteiger charge is 2.29. The Bertz CT molecular complexity index is 845. The Morgan fingerprint density at radius 1 is 1.15 bits per heavy atom. The number of carbonyl (C=O) groups is 2. The van der Waals surface area contributed by atoms with Crippen molar-refractivity contribution < 1.29 is 19.4 Å². The van der Waals surface area contributed by atoms with E-state index in [4.69, 9.17) is 15.4 Å². The molecule has 3 rings (SSSR count). The molecular weight excluding hydrogens is 336 g/mol. The number of benzene rings is 2.